The van der Waals surface area contributed by atoms with E-state index in [4.69, 9.17) is 0 Å². The van der Waals surface area contributed by atoms with Crippen LogP contribution in [0, 0.1) is 30.6 Å². The van der Waals surface area contributed by atoms with Crippen molar-refractivity contribution in [1.29, 1.82) is 0 Å². The van der Waals surface area contributed by atoms with Crippen molar-refractivity contribution < 1.29 is 19.5 Å². The molecule has 0 unspecified atom stereocenters. The standard InChI is InChI=1S/C36H56N4O6/c1-3-4-5-6-7-8-9-10-11-12-13-14-15-16-17-18-19-20-21-22-23-24-25-32(41)37-26-27-39(30-34(43)44)33(42)29-40-28-31(2)35(45)38-36(40)46/h28H,3-13,18-27,29-30H2,1-2H3,(H,37,41)(H,43,44)(H,38,45,46). The van der Waals surface area contributed by atoms with E-state index in [-0.39, 0.29) is 24.6 Å². The fourth-order valence-electron chi connectivity index (χ4n) is 4.98. The monoisotopic (exact) mass is 640 g/mol. The average Bonchev–Trinajstić information content (AvgIpc) is 3.01. The van der Waals surface area contributed by atoms with Gasteiger partial charge < -0.3 is 15.3 Å². The summed E-state index contributed by atoms with van der Waals surface area (Å²) in [6, 6.07) is 0. The number of aromatic nitrogens is 2. The predicted molar refractivity (Wildman–Crippen MR) is 182 cm³/mol. The second-order valence-corrected chi connectivity index (χ2v) is 11.9. The van der Waals surface area contributed by atoms with Gasteiger partial charge in [0, 0.05) is 44.1 Å². The molecule has 0 saturated heterocycles. The van der Waals surface area contributed by atoms with Gasteiger partial charge in [-0.25, -0.2) is 4.79 Å². The third-order valence-electron chi connectivity index (χ3n) is 7.73. The number of hydrogen-bond acceptors (Lipinski definition) is 5. The van der Waals surface area contributed by atoms with E-state index in [0.717, 1.165) is 60.8 Å². The van der Waals surface area contributed by atoms with E-state index in [1.54, 1.807) is 0 Å². The van der Waals surface area contributed by atoms with Gasteiger partial charge in [0.25, 0.3) is 5.56 Å². The van der Waals surface area contributed by atoms with E-state index in [9.17, 15) is 29.1 Å². The molecule has 256 valence electrons. The number of carboxylic acids is 1. The van der Waals surface area contributed by atoms with Gasteiger partial charge in [0.1, 0.15) is 13.1 Å². The fourth-order valence-corrected chi connectivity index (χ4v) is 4.98. The number of rotatable bonds is 25. The maximum absolute atomic E-state index is 12.6. The number of nitrogens with one attached hydrogen (secondary N) is 2. The summed E-state index contributed by atoms with van der Waals surface area (Å²) in [6.45, 7) is 2.86. The molecule has 10 heteroatoms. The molecule has 0 aliphatic rings. The molecule has 0 radical (unpaired) electrons. The summed E-state index contributed by atoms with van der Waals surface area (Å²) in [5.74, 6) is 10.3. The molecule has 46 heavy (non-hydrogen) atoms. The number of amides is 2. The molecular weight excluding hydrogens is 584 g/mol. The summed E-state index contributed by atoms with van der Waals surface area (Å²) in [5.41, 5.74) is -1.05. The molecule has 1 aromatic heterocycles. The van der Waals surface area contributed by atoms with Crippen LogP contribution < -0.4 is 16.6 Å². The lowest BCUT2D eigenvalue weighted by atomic mass is 10.1. The van der Waals surface area contributed by atoms with Crippen LogP contribution in [-0.4, -0.2) is 57.0 Å². The SMILES string of the molecule is CCCCCCCCCCCCC#CC#CCCCCCCCCC(=O)NCCN(CC(=O)O)C(=O)Cn1cc(C)c(=O)[nH]c1=O. The Labute approximate surface area is 275 Å². The lowest BCUT2D eigenvalue weighted by Crippen LogP contribution is -2.44. The molecular formula is C36H56N4O6. The maximum atomic E-state index is 12.6. The molecule has 0 bridgehead atoms. The van der Waals surface area contributed by atoms with Gasteiger partial charge in [-0.1, -0.05) is 102 Å². The topological polar surface area (TPSA) is 142 Å². The zero-order valence-electron chi connectivity index (χ0n) is 28.2. The Kier molecular flexibility index (Phi) is 23.1. The fraction of sp³-hybridized carbons (Fsp3) is 0.694. The lowest BCUT2D eigenvalue weighted by Gasteiger charge is -2.21. The first-order chi connectivity index (χ1) is 22.2. The van der Waals surface area contributed by atoms with Crippen molar-refractivity contribution in [2.75, 3.05) is 19.6 Å². The first-order valence-corrected chi connectivity index (χ1v) is 17.3. The number of aryl methyl sites for hydroxylation is 1. The lowest BCUT2D eigenvalue weighted by molar-refractivity contribution is -0.144. The Morgan fingerprint density at radius 1 is 0.826 bits per heavy atom. The Bertz CT molecular complexity index is 1280. The molecule has 10 nitrogen and oxygen atoms in total. The first-order valence-electron chi connectivity index (χ1n) is 17.3. The number of carbonyl (C=O) groups is 3. The van der Waals surface area contributed by atoms with Gasteiger partial charge in [-0.3, -0.25) is 28.7 Å². The third kappa shape index (κ3) is 21.0. The van der Waals surface area contributed by atoms with Gasteiger partial charge in [0.05, 0.1) is 0 Å². The first kappa shape index (κ1) is 40.2. The van der Waals surface area contributed by atoms with Crippen molar-refractivity contribution in [3.63, 3.8) is 0 Å². The van der Waals surface area contributed by atoms with Gasteiger partial charge in [-0.15, -0.1) is 0 Å². The summed E-state index contributed by atoms with van der Waals surface area (Å²) in [4.78, 5) is 62.7. The number of carbonyl (C=O) groups excluding carboxylic acids is 2. The molecule has 0 aliphatic heterocycles. The van der Waals surface area contributed by atoms with Crippen molar-refractivity contribution in [3.05, 3.63) is 32.6 Å². The van der Waals surface area contributed by atoms with Crippen LogP contribution in [0.5, 0.6) is 0 Å². The highest BCUT2D eigenvalue weighted by molar-refractivity contribution is 5.81. The predicted octanol–water partition coefficient (Wildman–Crippen LogP) is 5.31. The molecule has 0 spiro atoms. The highest BCUT2D eigenvalue weighted by Crippen LogP contribution is 2.11. The van der Waals surface area contributed by atoms with Crippen LogP contribution in [0.3, 0.4) is 0 Å². The number of H-pyrrole nitrogens is 1. The van der Waals surface area contributed by atoms with Crippen molar-refractivity contribution >= 4 is 17.8 Å². The summed E-state index contributed by atoms with van der Waals surface area (Å²) in [5, 5.41) is 11.9. The second-order valence-electron chi connectivity index (χ2n) is 11.9. The summed E-state index contributed by atoms with van der Waals surface area (Å²) >= 11 is 0. The minimum absolute atomic E-state index is 0.0121. The summed E-state index contributed by atoms with van der Waals surface area (Å²) in [7, 11) is 0. The van der Waals surface area contributed by atoms with Gasteiger partial charge in [0.15, 0.2) is 0 Å². The van der Waals surface area contributed by atoms with Crippen LogP contribution in [-0.2, 0) is 20.9 Å². The number of hydrogen-bond donors (Lipinski definition) is 3. The quantitative estimate of drug-likeness (QED) is 0.0977. The Morgan fingerprint density at radius 2 is 1.35 bits per heavy atom. The normalized spacial score (nSPS) is 10.4. The largest absolute Gasteiger partial charge is 0.480 e. The number of carboxylic acid groups (broad SMARTS) is 1. The van der Waals surface area contributed by atoms with Crippen molar-refractivity contribution in [3.8, 4) is 23.7 Å². The Morgan fingerprint density at radius 3 is 1.89 bits per heavy atom. The zero-order chi connectivity index (χ0) is 33.8. The van der Waals surface area contributed by atoms with Crippen LogP contribution in [0.15, 0.2) is 15.8 Å². The molecule has 0 aromatic carbocycles. The van der Waals surface area contributed by atoms with E-state index >= 15 is 0 Å². The average molecular weight is 641 g/mol. The highest BCUT2D eigenvalue weighted by Gasteiger charge is 2.18. The van der Waals surface area contributed by atoms with Crippen LogP contribution >= 0.6 is 0 Å². The second kappa shape index (κ2) is 26.4. The van der Waals surface area contributed by atoms with Crippen molar-refractivity contribution in [2.24, 2.45) is 0 Å². The van der Waals surface area contributed by atoms with Crippen molar-refractivity contribution in [2.45, 2.75) is 142 Å². The Balaban J connectivity index is 2.08. The highest BCUT2D eigenvalue weighted by atomic mass is 16.4. The molecule has 0 fully saturated rings. The van der Waals surface area contributed by atoms with E-state index in [1.165, 1.54) is 77.3 Å². The van der Waals surface area contributed by atoms with Gasteiger partial charge in [-0.05, 0) is 38.0 Å². The zero-order valence-corrected chi connectivity index (χ0v) is 28.2. The van der Waals surface area contributed by atoms with Gasteiger partial charge in [0.2, 0.25) is 11.8 Å². The number of aromatic amines is 1. The maximum Gasteiger partial charge on any atom is 0.328 e. The van der Waals surface area contributed by atoms with Gasteiger partial charge >= 0.3 is 11.7 Å². The molecule has 1 rings (SSSR count). The number of nitrogens with zero attached hydrogens (tertiary/aromatic N) is 2. The molecule has 2 amide bonds. The molecule has 1 heterocycles. The molecule has 0 atom stereocenters. The van der Waals surface area contributed by atoms with E-state index < -0.39 is 36.2 Å². The van der Waals surface area contributed by atoms with Crippen LogP contribution in [0.1, 0.15) is 134 Å². The third-order valence-corrected chi connectivity index (χ3v) is 7.73. The minimum Gasteiger partial charge on any atom is -0.480 e. The molecule has 1 aromatic rings. The number of unbranched alkanes of at least 4 members (excludes halogenated alkanes) is 16. The van der Waals surface area contributed by atoms with E-state index in [2.05, 4.69) is 40.9 Å². The molecule has 0 aliphatic carbocycles. The molecule has 0 saturated carbocycles. The van der Waals surface area contributed by atoms with Crippen LogP contribution in [0.4, 0.5) is 0 Å². The summed E-state index contributed by atoms with van der Waals surface area (Å²) < 4.78 is 1.02. The van der Waals surface area contributed by atoms with Crippen molar-refractivity contribution in [1.82, 2.24) is 19.8 Å². The number of aliphatic carboxylic acids is 1. The minimum atomic E-state index is -1.21. The van der Waals surface area contributed by atoms with E-state index in [0.29, 0.717) is 6.42 Å². The van der Waals surface area contributed by atoms with E-state index in [1.807, 2.05) is 0 Å². The van der Waals surface area contributed by atoms with Crippen LogP contribution in [0.25, 0.3) is 0 Å². The van der Waals surface area contributed by atoms with Crippen LogP contribution in [0.2, 0.25) is 0 Å². The Hall–Kier alpha value is -3.79. The van der Waals surface area contributed by atoms with Gasteiger partial charge in [-0.2, -0.15) is 0 Å². The molecule has 3 N–H and O–H groups in total. The summed E-state index contributed by atoms with van der Waals surface area (Å²) in [6.07, 6.45) is 22.7. The smallest absolute Gasteiger partial charge is 0.328 e.